The average Bonchev–Trinajstić information content (AvgIpc) is 2.32. The van der Waals surface area contributed by atoms with Crippen molar-refractivity contribution in [3.05, 3.63) is 0 Å². The molecule has 0 fully saturated rings. The van der Waals surface area contributed by atoms with Crippen LogP contribution in [-0.2, 0) is 4.79 Å². The van der Waals surface area contributed by atoms with Crippen molar-refractivity contribution in [2.75, 3.05) is 33.7 Å². The first kappa shape index (κ1) is 18.7. The first-order chi connectivity index (χ1) is 9.27. The van der Waals surface area contributed by atoms with Crippen LogP contribution in [0.25, 0.3) is 0 Å². The van der Waals surface area contributed by atoms with Gasteiger partial charge in [-0.15, -0.1) is 0 Å². The van der Waals surface area contributed by atoms with Crippen LogP contribution in [0.3, 0.4) is 0 Å². The predicted octanol–water partition coefficient (Wildman–Crippen LogP) is 1.47. The van der Waals surface area contributed by atoms with E-state index in [0.29, 0.717) is 13.1 Å². The molecule has 1 unspecified atom stereocenters. The lowest BCUT2D eigenvalue weighted by molar-refractivity contribution is -0.137. The largest absolute Gasteiger partial charge is 0.481 e. The minimum Gasteiger partial charge on any atom is -0.481 e. The van der Waals surface area contributed by atoms with Gasteiger partial charge in [0, 0.05) is 19.1 Å². The normalized spacial score (nSPS) is 12.6. The molecule has 2 N–H and O–H groups in total. The van der Waals surface area contributed by atoms with E-state index < -0.39 is 5.97 Å². The van der Waals surface area contributed by atoms with Crippen molar-refractivity contribution in [2.24, 2.45) is 5.92 Å². The summed E-state index contributed by atoms with van der Waals surface area (Å²) in [6.07, 6.45) is 0.859. The molecule has 6 nitrogen and oxygen atoms in total. The van der Waals surface area contributed by atoms with Gasteiger partial charge in [-0.25, -0.2) is 4.79 Å². The van der Waals surface area contributed by atoms with Crippen molar-refractivity contribution in [3.63, 3.8) is 0 Å². The zero-order chi connectivity index (χ0) is 15.7. The Hall–Kier alpha value is -1.30. The maximum atomic E-state index is 12.2. The van der Waals surface area contributed by atoms with Crippen molar-refractivity contribution in [1.82, 2.24) is 15.1 Å². The highest BCUT2D eigenvalue weighted by Gasteiger charge is 2.21. The van der Waals surface area contributed by atoms with Crippen molar-refractivity contribution in [3.8, 4) is 0 Å². The van der Waals surface area contributed by atoms with Gasteiger partial charge in [0.1, 0.15) is 0 Å². The molecule has 0 aromatic rings. The van der Waals surface area contributed by atoms with E-state index in [1.165, 1.54) is 0 Å². The second-order valence-electron chi connectivity index (χ2n) is 5.63. The van der Waals surface area contributed by atoms with Gasteiger partial charge >= 0.3 is 12.0 Å². The fourth-order valence-corrected chi connectivity index (χ4v) is 1.87. The molecule has 0 radical (unpaired) electrons. The molecule has 20 heavy (non-hydrogen) atoms. The van der Waals surface area contributed by atoms with Crippen LogP contribution in [0.2, 0.25) is 0 Å². The van der Waals surface area contributed by atoms with Crippen LogP contribution >= 0.6 is 0 Å². The number of amides is 2. The number of aliphatic carboxylic acids is 1. The summed E-state index contributed by atoms with van der Waals surface area (Å²) in [5.41, 5.74) is 0. The van der Waals surface area contributed by atoms with Crippen molar-refractivity contribution < 1.29 is 14.7 Å². The molecule has 0 aliphatic rings. The molecule has 6 heteroatoms. The molecule has 0 spiro atoms. The number of carbonyl (C=O) groups is 2. The zero-order valence-corrected chi connectivity index (χ0v) is 13.3. The maximum Gasteiger partial charge on any atom is 0.317 e. The molecule has 2 amide bonds. The van der Waals surface area contributed by atoms with E-state index in [2.05, 4.69) is 10.2 Å². The third kappa shape index (κ3) is 7.99. The van der Waals surface area contributed by atoms with Gasteiger partial charge in [0.05, 0.1) is 6.42 Å². The standard InChI is InChI=1S/C14H29N3O3/c1-6-17(9-7-8-16(4)5)14(20)15-12(11(2)3)10-13(18)19/h11-12H,6-10H2,1-5H3,(H,15,20)(H,18,19). The first-order valence-electron chi connectivity index (χ1n) is 7.19. The summed E-state index contributed by atoms with van der Waals surface area (Å²) in [4.78, 5) is 26.8. The van der Waals surface area contributed by atoms with Crippen LogP contribution in [0, 0.1) is 5.92 Å². The number of nitrogens with one attached hydrogen (secondary N) is 1. The Labute approximate surface area is 122 Å². The average molecular weight is 287 g/mol. The fraction of sp³-hybridized carbons (Fsp3) is 0.857. The van der Waals surface area contributed by atoms with Gasteiger partial charge in [-0.3, -0.25) is 4.79 Å². The summed E-state index contributed by atoms with van der Waals surface area (Å²) in [6, 6.07) is -0.505. The second-order valence-corrected chi connectivity index (χ2v) is 5.63. The van der Waals surface area contributed by atoms with Gasteiger partial charge in [-0.05, 0) is 39.9 Å². The molecule has 1 atom stereocenters. The minimum absolute atomic E-state index is 0.0430. The van der Waals surface area contributed by atoms with Gasteiger partial charge in [0.2, 0.25) is 0 Å². The first-order valence-corrected chi connectivity index (χ1v) is 7.19. The molecule has 0 rings (SSSR count). The topological polar surface area (TPSA) is 72.9 Å². The Morgan fingerprint density at radius 1 is 1.20 bits per heavy atom. The molecule has 0 aliphatic heterocycles. The Morgan fingerprint density at radius 3 is 2.20 bits per heavy atom. The molecule has 0 saturated heterocycles. The number of carbonyl (C=O) groups excluding carboxylic acids is 1. The third-order valence-corrected chi connectivity index (χ3v) is 3.21. The third-order valence-electron chi connectivity index (χ3n) is 3.21. The molecule has 0 aromatic heterocycles. The number of hydrogen-bond donors (Lipinski definition) is 2. The molecule has 118 valence electrons. The van der Waals surface area contributed by atoms with Gasteiger partial charge in [-0.1, -0.05) is 13.8 Å². The van der Waals surface area contributed by atoms with Crippen LogP contribution in [-0.4, -0.2) is 66.7 Å². The molecule has 0 aromatic carbocycles. The lowest BCUT2D eigenvalue weighted by Gasteiger charge is -2.27. The van der Waals surface area contributed by atoms with Crippen LogP contribution < -0.4 is 5.32 Å². The Morgan fingerprint density at radius 2 is 1.80 bits per heavy atom. The summed E-state index contributed by atoms with van der Waals surface area (Å²) in [7, 11) is 4.00. The highest BCUT2D eigenvalue weighted by molar-refractivity contribution is 5.76. The smallest absolute Gasteiger partial charge is 0.317 e. The highest BCUT2D eigenvalue weighted by atomic mass is 16.4. The second kappa shape index (κ2) is 9.58. The van der Waals surface area contributed by atoms with Crippen molar-refractivity contribution in [1.29, 1.82) is 0 Å². The van der Waals surface area contributed by atoms with E-state index in [1.807, 2.05) is 34.9 Å². The van der Waals surface area contributed by atoms with Crippen LogP contribution in [0.5, 0.6) is 0 Å². The fourth-order valence-electron chi connectivity index (χ4n) is 1.87. The summed E-state index contributed by atoms with van der Waals surface area (Å²) >= 11 is 0. The number of carboxylic acids is 1. The quantitative estimate of drug-likeness (QED) is 0.673. The summed E-state index contributed by atoms with van der Waals surface area (Å²) in [6.45, 7) is 7.98. The number of nitrogens with zero attached hydrogens (tertiary/aromatic N) is 2. The molecule has 0 saturated carbocycles. The number of carboxylic acid groups (broad SMARTS) is 1. The lowest BCUT2D eigenvalue weighted by atomic mass is 10.0. The van der Waals surface area contributed by atoms with Gasteiger partial charge in [0.25, 0.3) is 0 Å². The van der Waals surface area contributed by atoms with E-state index >= 15 is 0 Å². The Bertz CT molecular complexity index is 306. The van der Waals surface area contributed by atoms with Crippen LogP contribution in [0.1, 0.15) is 33.6 Å². The van der Waals surface area contributed by atoms with Gasteiger partial charge in [-0.2, -0.15) is 0 Å². The van der Waals surface area contributed by atoms with E-state index in [0.717, 1.165) is 13.0 Å². The summed E-state index contributed by atoms with van der Waals surface area (Å²) in [5.74, 6) is -0.796. The van der Waals surface area contributed by atoms with E-state index in [-0.39, 0.29) is 24.4 Å². The van der Waals surface area contributed by atoms with Crippen molar-refractivity contribution >= 4 is 12.0 Å². The lowest BCUT2D eigenvalue weighted by Crippen LogP contribution is -2.48. The molecular formula is C14H29N3O3. The Kier molecular flexibility index (Phi) is 8.96. The molecule has 0 bridgehead atoms. The van der Waals surface area contributed by atoms with Crippen LogP contribution in [0.15, 0.2) is 0 Å². The summed E-state index contributed by atoms with van der Waals surface area (Å²) < 4.78 is 0. The van der Waals surface area contributed by atoms with Gasteiger partial charge < -0.3 is 20.2 Å². The molecule has 0 heterocycles. The minimum atomic E-state index is -0.889. The van der Waals surface area contributed by atoms with Crippen molar-refractivity contribution in [2.45, 2.75) is 39.7 Å². The van der Waals surface area contributed by atoms with Crippen LogP contribution in [0.4, 0.5) is 4.79 Å². The zero-order valence-electron chi connectivity index (χ0n) is 13.3. The maximum absolute atomic E-state index is 12.2. The predicted molar refractivity (Wildman–Crippen MR) is 79.8 cm³/mol. The molecule has 0 aliphatic carbocycles. The number of urea groups is 1. The van der Waals surface area contributed by atoms with E-state index in [1.54, 1.807) is 4.90 Å². The summed E-state index contributed by atoms with van der Waals surface area (Å²) in [5, 5.41) is 11.7. The highest BCUT2D eigenvalue weighted by Crippen LogP contribution is 2.07. The van der Waals surface area contributed by atoms with E-state index in [9.17, 15) is 9.59 Å². The van der Waals surface area contributed by atoms with E-state index in [4.69, 9.17) is 5.11 Å². The van der Waals surface area contributed by atoms with Gasteiger partial charge in [0.15, 0.2) is 0 Å². The molecular weight excluding hydrogens is 258 g/mol. The Balaban J connectivity index is 4.39. The number of hydrogen-bond acceptors (Lipinski definition) is 3. The number of rotatable bonds is 9. The monoisotopic (exact) mass is 287 g/mol. The SMILES string of the molecule is CCN(CCCN(C)C)C(=O)NC(CC(=O)O)C(C)C.